The van der Waals surface area contributed by atoms with Crippen LogP contribution in [0.3, 0.4) is 0 Å². The molecule has 0 radical (unpaired) electrons. The fraction of sp³-hybridized carbons (Fsp3) is 0.708. The summed E-state index contributed by atoms with van der Waals surface area (Å²) in [7, 11) is -1.69. The van der Waals surface area contributed by atoms with E-state index in [9.17, 15) is 4.79 Å². The van der Waals surface area contributed by atoms with Gasteiger partial charge in [-0.3, -0.25) is 0 Å². The number of hydrogen-bond acceptors (Lipinski definition) is 4. The lowest BCUT2D eigenvalue weighted by Gasteiger charge is -2.36. The third kappa shape index (κ3) is 7.62. The fourth-order valence-corrected chi connectivity index (χ4v) is 4.10. The van der Waals surface area contributed by atoms with Crippen molar-refractivity contribution in [2.75, 3.05) is 26.3 Å². The maximum absolute atomic E-state index is 12.1. The van der Waals surface area contributed by atoms with Gasteiger partial charge in [-0.25, -0.2) is 4.79 Å². The van der Waals surface area contributed by atoms with Crippen molar-refractivity contribution < 1.29 is 18.7 Å². The Labute approximate surface area is 184 Å². The van der Waals surface area contributed by atoms with E-state index >= 15 is 0 Å². The molecule has 1 heterocycles. The van der Waals surface area contributed by atoms with E-state index in [1.54, 1.807) is 4.90 Å². The maximum Gasteiger partial charge on any atom is 0.409 e. The molecule has 6 heteroatoms. The molecular weight excluding hydrogens is 394 g/mol. The van der Waals surface area contributed by atoms with Crippen LogP contribution in [0.5, 0.6) is 5.75 Å². The van der Waals surface area contributed by atoms with Gasteiger partial charge in [-0.05, 0) is 48.2 Å². The van der Waals surface area contributed by atoms with Crippen molar-refractivity contribution in [1.29, 1.82) is 0 Å². The van der Waals surface area contributed by atoms with Crippen LogP contribution in [0.2, 0.25) is 18.1 Å². The Hall–Kier alpha value is -1.53. The smallest absolute Gasteiger partial charge is 0.409 e. The van der Waals surface area contributed by atoms with E-state index in [4.69, 9.17) is 13.9 Å². The van der Waals surface area contributed by atoms with Gasteiger partial charge in [0.15, 0.2) is 8.32 Å². The molecule has 0 spiro atoms. The molecule has 0 saturated carbocycles. The van der Waals surface area contributed by atoms with Crippen LogP contribution in [0.15, 0.2) is 24.3 Å². The van der Waals surface area contributed by atoms with Gasteiger partial charge in [-0.1, -0.05) is 46.8 Å². The number of rotatable bonds is 8. The second-order valence-corrected chi connectivity index (χ2v) is 15.1. The van der Waals surface area contributed by atoms with Crippen LogP contribution in [-0.4, -0.2) is 51.7 Å². The number of ether oxygens (including phenoxy) is 2. The first-order chi connectivity index (χ1) is 14.0. The average molecular weight is 436 g/mol. The number of nitrogens with zero attached hydrogens (tertiary/aromatic N) is 1. The van der Waals surface area contributed by atoms with Crippen molar-refractivity contribution in [3.8, 4) is 5.75 Å². The number of likely N-dealkylation sites (tertiary alicyclic amines) is 1. The topological polar surface area (TPSA) is 48.0 Å². The minimum absolute atomic E-state index is 0.145. The normalized spacial score (nSPS) is 16.1. The Morgan fingerprint density at radius 2 is 1.73 bits per heavy atom. The molecule has 0 bridgehead atoms. The van der Waals surface area contributed by atoms with Gasteiger partial charge in [-0.15, -0.1) is 0 Å². The predicted octanol–water partition coefficient (Wildman–Crippen LogP) is 5.89. The second kappa shape index (κ2) is 10.7. The molecule has 0 aromatic heterocycles. The van der Waals surface area contributed by atoms with Crippen molar-refractivity contribution in [3.05, 3.63) is 29.8 Å². The summed E-state index contributed by atoms with van der Waals surface area (Å²) < 4.78 is 17.7. The molecule has 1 aliphatic heterocycles. The van der Waals surface area contributed by atoms with Crippen molar-refractivity contribution in [3.63, 3.8) is 0 Å². The van der Waals surface area contributed by atoms with Crippen molar-refractivity contribution in [1.82, 2.24) is 4.90 Å². The Morgan fingerprint density at radius 1 is 1.13 bits per heavy atom. The number of benzene rings is 1. The third-order valence-corrected chi connectivity index (χ3v) is 10.7. The minimum Gasteiger partial charge on any atom is -0.490 e. The number of carbonyl (C=O) groups excluding carboxylic acids is 1. The van der Waals surface area contributed by atoms with Gasteiger partial charge in [0.05, 0.1) is 6.61 Å². The number of hydrogen-bond donors (Lipinski definition) is 0. The molecule has 1 aliphatic rings. The molecule has 5 nitrogen and oxygen atoms in total. The molecule has 0 aliphatic carbocycles. The zero-order valence-corrected chi connectivity index (χ0v) is 21.0. The van der Waals surface area contributed by atoms with E-state index in [0.717, 1.165) is 31.6 Å². The molecule has 0 atom stereocenters. The summed E-state index contributed by atoms with van der Waals surface area (Å²) >= 11 is 0. The SMILES string of the molecule is CC(C)COC(=O)N1CCC(Oc2ccc(CCO[Si](C)(C)C(C)(C)C)cc2)CC1. The summed E-state index contributed by atoms with van der Waals surface area (Å²) in [5, 5.41) is 0.242. The van der Waals surface area contributed by atoms with E-state index in [1.165, 1.54) is 5.56 Å². The van der Waals surface area contributed by atoms with Crippen LogP contribution < -0.4 is 4.74 Å². The maximum atomic E-state index is 12.1. The van der Waals surface area contributed by atoms with Gasteiger partial charge < -0.3 is 18.8 Å². The van der Waals surface area contributed by atoms with E-state index in [2.05, 4.69) is 46.0 Å². The predicted molar refractivity (Wildman–Crippen MR) is 125 cm³/mol. The number of amides is 1. The van der Waals surface area contributed by atoms with Gasteiger partial charge in [0.2, 0.25) is 0 Å². The molecule has 1 aromatic rings. The van der Waals surface area contributed by atoms with E-state index in [1.807, 2.05) is 26.0 Å². The Morgan fingerprint density at radius 3 is 2.27 bits per heavy atom. The molecule has 30 heavy (non-hydrogen) atoms. The second-order valence-electron chi connectivity index (χ2n) is 10.3. The first-order valence-electron chi connectivity index (χ1n) is 11.3. The zero-order chi connectivity index (χ0) is 22.4. The minimum atomic E-state index is -1.69. The van der Waals surface area contributed by atoms with Gasteiger partial charge in [-0.2, -0.15) is 0 Å². The highest BCUT2D eigenvalue weighted by molar-refractivity contribution is 6.74. The van der Waals surface area contributed by atoms with Gasteiger partial charge in [0.1, 0.15) is 11.9 Å². The number of piperidine rings is 1. The van der Waals surface area contributed by atoms with Gasteiger partial charge >= 0.3 is 6.09 Å². The first kappa shape index (κ1) is 24.7. The zero-order valence-electron chi connectivity index (χ0n) is 20.0. The standard InChI is InChI=1S/C24H41NO4Si/c1-19(2)18-27-23(26)25-15-12-22(13-16-25)29-21-10-8-20(9-11-21)14-17-28-30(6,7)24(3,4)5/h8-11,19,22H,12-18H2,1-7H3. The monoisotopic (exact) mass is 435 g/mol. The molecule has 1 amide bonds. The molecular formula is C24H41NO4Si. The fourth-order valence-electron chi connectivity index (χ4n) is 3.05. The van der Waals surface area contributed by atoms with Crippen molar-refractivity contribution in [2.45, 2.75) is 78.1 Å². The highest BCUT2D eigenvalue weighted by atomic mass is 28.4. The van der Waals surface area contributed by atoms with Crippen LogP contribution in [0.25, 0.3) is 0 Å². The van der Waals surface area contributed by atoms with E-state index < -0.39 is 8.32 Å². The largest absolute Gasteiger partial charge is 0.490 e. The van der Waals surface area contributed by atoms with E-state index in [-0.39, 0.29) is 17.2 Å². The van der Waals surface area contributed by atoms with Gasteiger partial charge in [0, 0.05) is 32.5 Å². The van der Waals surface area contributed by atoms with Crippen LogP contribution in [0, 0.1) is 5.92 Å². The summed E-state index contributed by atoms with van der Waals surface area (Å²) in [4.78, 5) is 13.8. The van der Waals surface area contributed by atoms with Crippen LogP contribution in [0.1, 0.15) is 53.0 Å². The lowest BCUT2D eigenvalue weighted by Crippen LogP contribution is -2.42. The van der Waals surface area contributed by atoms with Crippen LogP contribution >= 0.6 is 0 Å². The highest BCUT2D eigenvalue weighted by Crippen LogP contribution is 2.36. The highest BCUT2D eigenvalue weighted by Gasteiger charge is 2.36. The van der Waals surface area contributed by atoms with Crippen LogP contribution in [-0.2, 0) is 15.6 Å². The lowest BCUT2D eigenvalue weighted by atomic mass is 10.1. The molecule has 1 fully saturated rings. The average Bonchev–Trinajstić information content (AvgIpc) is 2.67. The van der Waals surface area contributed by atoms with Gasteiger partial charge in [0.25, 0.3) is 0 Å². The summed E-state index contributed by atoms with van der Waals surface area (Å²) in [6.07, 6.45) is 2.53. The van der Waals surface area contributed by atoms with E-state index in [0.29, 0.717) is 25.6 Å². The molecule has 0 N–H and O–H groups in total. The molecule has 0 unspecified atom stereocenters. The molecule has 2 rings (SSSR count). The summed E-state index contributed by atoms with van der Waals surface area (Å²) in [6.45, 7) is 18.1. The number of carbonyl (C=O) groups is 1. The molecule has 170 valence electrons. The lowest BCUT2D eigenvalue weighted by molar-refractivity contribution is 0.0618. The summed E-state index contributed by atoms with van der Waals surface area (Å²) in [6, 6.07) is 8.35. The van der Waals surface area contributed by atoms with Crippen molar-refractivity contribution >= 4 is 14.4 Å². The Bertz CT molecular complexity index is 659. The summed E-state index contributed by atoms with van der Waals surface area (Å²) in [5.41, 5.74) is 1.27. The summed E-state index contributed by atoms with van der Waals surface area (Å²) in [5.74, 6) is 1.25. The Balaban J connectivity index is 1.73. The Kier molecular flexibility index (Phi) is 8.80. The first-order valence-corrected chi connectivity index (χ1v) is 14.2. The van der Waals surface area contributed by atoms with Crippen molar-refractivity contribution in [2.24, 2.45) is 5.92 Å². The quantitative estimate of drug-likeness (QED) is 0.478. The molecule has 1 aromatic carbocycles. The third-order valence-electron chi connectivity index (χ3n) is 6.13. The van der Waals surface area contributed by atoms with Crippen LogP contribution in [0.4, 0.5) is 4.79 Å². The molecule has 1 saturated heterocycles.